The molecule has 6 nitrogen and oxygen atoms in total. The van der Waals surface area contributed by atoms with Crippen molar-refractivity contribution in [3.8, 4) is 16.9 Å². The molecule has 1 N–H and O–H groups in total. The van der Waals surface area contributed by atoms with Gasteiger partial charge in [0, 0.05) is 13.7 Å². The van der Waals surface area contributed by atoms with E-state index in [0.717, 1.165) is 63.1 Å². The maximum Gasteiger partial charge on any atom is 0.407 e. The number of hydrogen-bond acceptors (Lipinski definition) is 5. The van der Waals surface area contributed by atoms with Gasteiger partial charge in [0.2, 0.25) is 0 Å². The topological polar surface area (TPSA) is 60.0 Å². The Balaban J connectivity index is 1.24. The Morgan fingerprint density at radius 1 is 1.06 bits per heavy atom. The minimum Gasteiger partial charge on any atom is -0.468 e. The van der Waals surface area contributed by atoms with Crippen LogP contribution in [-0.4, -0.2) is 50.6 Å². The predicted octanol–water partition coefficient (Wildman–Crippen LogP) is 4.53. The number of fused-ring (bicyclic) bond motifs is 4. The fourth-order valence-corrected chi connectivity index (χ4v) is 5.37. The molecule has 1 aliphatic carbocycles. The third-order valence-electron chi connectivity index (χ3n) is 7.14. The first kappa shape index (κ1) is 21.3. The molecule has 1 unspecified atom stereocenters. The number of nitrogens with one attached hydrogen (secondary N) is 1. The SMILES string of the molecule is COCOc1ccc(-c2ccc3c(c2)CCCC3NC(=O)O[C@@H]2CN3CCC2CC3)cc1. The number of alkyl carbamates (subject to hydrolysis) is 1. The molecule has 170 valence electrons. The molecule has 3 aliphatic heterocycles. The molecular weight excluding hydrogens is 404 g/mol. The summed E-state index contributed by atoms with van der Waals surface area (Å²) < 4.78 is 16.3. The molecule has 3 heterocycles. The predicted molar refractivity (Wildman–Crippen MR) is 123 cm³/mol. The van der Waals surface area contributed by atoms with Gasteiger partial charge in [0.15, 0.2) is 6.79 Å². The van der Waals surface area contributed by atoms with Crippen molar-refractivity contribution in [2.75, 3.05) is 33.5 Å². The number of nitrogens with zero attached hydrogens (tertiary/aromatic N) is 1. The molecule has 2 atom stereocenters. The maximum atomic E-state index is 12.7. The number of ether oxygens (including phenoxy) is 3. The van der Waals surface area contributed by atoms with Gasteiger partial charge in [0.25, 0.3) is 0 Å². The number of aryl methyl sites for hydroxylation is 1. The summed E-state index contributed by atoms with van der Waals surface area (Å²) in [6.07, 6.45) is 5.11. The quantitative estimate of drug-likeness (QED) is 0.674. The van der Waals surface area contributed by atoms with E-state index in [2.05, 4.69) is 40.5 Å². The summed E-state index contributed by atoms with van der Waals surface area (Å²) in [7, 11) is 1.61. The summed E-state index contributed by atoms with van der Waals surface area (Å²) in [6, 6.07) is 14.6. The van der Waals surface area contributed by atoms with Gasteiger partial charge in [-0.2, -0.15) is 0 Å². The Kier molecular flexibility index (Phi) is 6.32. The van der Waals surface area contributed by atoms with Crippen LogP contribution in [0.3, 0.4) is 0 Å². The van der Waals surface area contributed by atoms with Crippen LogP contribution < -0.4 is 10.1 Å². The highest BCUT2D eigenvalue weighted by molar-refractivity contribution is 5.69. The van der Waals surface area contributed by atoms with Crippen molar-refractivity contribution in [1.82, 2.24) is 10.2 Å². The lowest BCUT2D eigenvalue weighted by molar-refractivity contribution is -0.0340. The van der Waals surface area contributed by atoms with Gasteiger partial charge in [0.05, 0.1) is 6.04 Å². The third-order valence-corrected chi connectivity index (χ3v) is 7.14. The molecule has 6 heteroatoms. The van der Waals surface area contributed by atoms with Crippen LogP contribution in [0, 0.1) is 5.92 Å². The Labute approximate surface area is 189 Å². The minimum atomic E-state index is -0.266. The average molecular weight is 437 g/mol. The molecule has 0 aromatic heterocycles. The molecule has 0 radical (unpaired) electrons. The molecule has 2 aromatic rings. The maximum absolute atomic E-state index is 12.7. The monoisotopic (exact) mass is 436 g/mol. The fraction of sp³-hybridized carbons (Fsp3) is 0.500. The van der Waals surface area contributed by atoms with Gasteiger partial charge in [-0.25, -0.2) is 4.79 Å². The zero-order valence-corrected chi connectivity index (χ0v) is 18.7. The zero-order chi connectivity index (χ0) is 21.9. The number of hydrogen-bond donors (Lipinski definition) is 1. The van der Waals surface area contributed by atoms with Gasteiger partial charge in [-0.1, -0.05) is 30.3 Å². The Morgan fingerprint density at radius 3 is 2.56 bits per heavy atom. The summed E-state index contributed by atoms with van der Waals surface area (Å²) in [4.78, 5) is 15.1. The van der Waals surface area contributed by atoms with Gasteiger partial charge in [-0.15, -0.1) is 0 Å². The number of benzene rings is 2. The van der Waals surface area contributed by atoms with Crippen LogP contribution in [0.15, 0.2) is 42.5 Å². The molecule has 3 fully saturated rings. The molecule has 32 heavy (non-hydrogen) atoms. The van der Waals surface area contributed by atoms with Crippen LogP contribution >= 0.6 is 0 Å². The molecular formula is C26H32N2O4. The number of carbonyl (C=O) groups excluding carboxylic acids is 1. The summed E-state index contributed by atoms with van der Waals surface area (Å²) in [6.45, 7) is 3.42. The Hall–Kier alpha value is -2.57. The molecule has 2 bridgehead atoms. The summed E-state index contributed by atoms with van der Waals surface area (Å²) in [5, 5.41) is 3.16. The van der Waals surface area contributed by atoms with E-state index in [0.29, 0.717) is 5.92 Å². The van der Waals surface area contributed by atoms with Gasteiger partial charge in [0.1, 0.15) is 11.9 Å². The lowest BCUT2D eigenvalue weighted by atomic mass is 9.85. The van der Waals surface area contributed by atoms with E-state index in [9.17, 15) is 4.79 Å². The van der Waals surface area contributed by atoms with Crippen molar-refractivity contribution in [3.63, 3.8) is 0 Å². The summed E-state index contributed by atoms with van der Waals surface area (Å²) in [5.74, 6) is 1.32. The van der Waals surface area contributed by atoms with Gasteiger partial charge in [-0.3, -0.25) is 4.90 Å². The summed E-state index contributed by atoms with van der Waals surface area (Å²) >= 11 is 0. The number of piperidine rings is 3. The van der Waals surface area contributed by atoms with Crippen LogP contribution in [0.1, 0.15) is 42.9 Å². The van der Waals surface area contributed by atoms with Crippen LogP contribution in [0.25, 0.3) is 11.1 Å². The van der Waals surface area contributed by atoms with E-state index in [1.807, 2.05) is 12.1 Å². The van der Waals surface area contributed by atoms with Crippen LogP contribution in [0.2, 0.25) is 0 Å². The molecule has 4 aliphatic rings. The van der Waals surface area contributed by atoms with Crippen molar-refractivity contribution in [2.45, 2.75) is 44.2 Å². The summed E-state index contributed by atoms with van der Waals surface area (Å²) in [5.41, 5.74) is 4.85. The molecule has 0 spiro atoms. The largest absolute Gasteiger partial charge is 0.468 e. The van der Waals surface area contributed by atoms with Crippen LogP contribution in [0.5, 0.6) is 5.75 Å². The van der Waals surface area contributed by atoms with E-state index in [1.54, 1.807) is 7.11 Å². The molecule has 6 rings (SSSR count). The first-order valence-electron chi connectivity index (χ1n) is 11.7. The normalized spacial score (nSPS) is 26.3. The van der Waals surface area contributed by atoms with Crippen LogP contribution in [0.4, 0.5) is 4.79 Å². The molecule has 1 amide bonds. The van der Waals surface area contributed by atoms with E-state index >= 15 is 0 Å². The second-order valence-electron chi connectivity index (χ2n) is 9.16. The average Bonchev–Trinajstić information content (AvgIpc) is 2.83. The number of amides is 1. The highest BCUT2D eigenvalue weighted by atomic mass is 16.7. The van der Waals surface area contributed by atoms with Crippen molar-refractivity contribution < 1.29 is 19.0 Å². The highest BCUT2D eigenvalue weighted by Crippen LogP contribution is 2.34. The van der Waals surface area contributed by atoms with Crippen LogP contribution in [-0.2, 0) is 15.9 Å². The van der Waals surface area contributed by atoms with E-state index in [4.69, 9.17) is 14.2 Å². The van der Waals surface area contributed by atoms with Gasteiger partial charge in [-0.05, 0) is 85.5 Å². The van der Waals surface area contributed by atoms with Gasteiger partial charge < -0.3 is 19.5 Å². The van der Waals surface area contributed by atoms with E-state index in [1.165, 1.54) is 16.7 Å². The van der Waals surface area contributed by atoms with Crippen molar-refractivity contribution >= 4 is 6.09 Å². The van der Waals surface area contributed by atoms with Crippen molar-refractivity contribution in [3.05, 3.63) is 53.6 Å². The molecule has 0 saturated carbocycles. The minimum absolute atomic E-state index is 0.0196. The Morgan fingerprint density at radius 2 is 1.84 bits per heavy atom. The first-order chi connectivity index (χ1) is 15.7. The second kappa shape index (κ2) is 9.51. The van der Waals surface area contributed by atoms with Crippen molar-refractivity contribution in [2.24, 2.45) is 5.92 Å². The second-order valence-corrected chi connectivity index (χ2v) is 9.16. The number of methoxy groups -OCH3 is 1. The standard InChI is InChI=1S/C26H32N2O4/c1-30-17-31-22-8-5-18(6-9-22)20-7-10-23-21(15-20)3-2-4-24(23)27-26(29)32-25-16-28-13-11-19(25)12-14-28/h5-10,15,19,24-25H,2-4,11-14,16-17H2,1H3,(H,27,29)/t24?,25-/m1/s1. The lowest BCUT2D eigenvalue weighted by Gasteiger charge is -2.44. The highest BCUT2D eigenvalue weighted by Gasteiger charge is 2.37. The molecule has 2 aromatic carbocycles. The smallest absolute Gasteiger partial charge is 0.407 e. The zero-order valence-electron chi connectivity index (χ0n) is 18.7. The third kappa shape index (κ3) is 4.62. The Bertz CT molecular complexity index is 937. The van der Waals surface area contributed by atoms with E-state index < -0.39 is 0 Å². The lowest BCUT2D eigenvalue weighted by Crippen LogP contribution is -2.52. The number of carbonyl (C=O) groups is 1. The fourth-order valence-electron chi connectivity index (χ4n) is 5.37. The molecule has 3 saturated heterocycles. The number of rotatable bonds is 6. The van der Waals surface area contributed by atoms with Crippen molar-refractivity contribution in [1.29, 1.82) is 0 Å². The van der Waals surface area contributed by atoms with Gasteiger partial charge >= 0.3 is 6.09 Å². The van der Waals surface area contributed by atoms with E-state index in [-0.39, 0.29) is 25.0 Å². The first-order valence-corrected chi connectivity index (χ1v) is 11.7.